The predicted octanol–water partition coefficient (Wildman–Crippen LogP) is 1.63. The summed E-state index contributed by atoms with van der Waals surface area (Å²) in [6.45, 7) is 0. The topological polar surface area (TPSA) is 55.9 Å². The maximum Gasteiger partial charge on any atom is 0.346 e. The fourth-order valence-electron chi connectivity index (χ4n) is 1.77. The van der Waals surface area contributed by atoms with E-state index < -0.39 is 11.9 Å². The lowest BCUT2D eigenvalue weighted by atomic mass is 10.1. The highest BCUT2D eigenvalue weighted by Gasteiger charge is 2.38. The van der Waals surface area contributed by atoms with Crippen molar-refractivity contribution in [2.75, 3.05) is 0 Å². The van der Waals surface area contributed by atoms with Gasteiger partial charge in [-0.15, -0.1) is 0 Å². The van der Waals surface area contributed by atoms with Crippen molar-refractivity contribution in [3.63, 3.8) is 0 Å². The monoisotopic (exact) mass is 242 g/mol. The van der Waals surface area contributed by atoms with Gasteiger partial charge in [-0.2, -0.15) is 0 Å². The summed E-state index contributed by atoms with van der Waals surface area (Å²) >= 11 is 0. The largest absolute Gasteiger partial charge is 0.386 e. The predicted molar refractivity (Wildman–Crippen MR) is 62.7 cm³/mol. The van der Waals surface area contributed by atoms with Crippen LogP contribution in [0.2, 0.25) is 0 Å². The molecule has 0 amide bonds. The van der Waals surface area contributed by atoms with Crippen LogP contribution >= 0.6 is 0 Å². The molecule has 1 saturated heterocycles. The molecule has 90 valence electrons. The Labute approximate surface area is 104 Å². The molecule has 4 nitrogen and oxygen atoms in total. The Hall–Kier alpha value is -2.20. The van der Waals surface area contributed by atoms with Crippen LogP contribution in [-0.2, 0) is 14.3 Å². The van der Waals surface area contributed by atoms with Crippen LogP contribution in [0.3, 0.4) is 0 Å². The number of esters is 2. The smallest absolute Gasteiger partial charge is 0.346 e. The van der Waals surface area contributed by atoms with E-state index in [1.165, 1.54) is 0 Å². The zero-order valence-corrected chi connectivity index (χ0v) is 9.41. The summed E-state index contributed by atoms with van der Waals surface area (Å²) < 4.78 is 9.98. The van der Waals surface area contributed by atoms with E-state index in [-0.39, 0.29) is 12.2 Å². The second-order valence-electron chi connectivity index (χ2n) is 4.09. The summed E-state index contributed by atoms with van der Waals surface area (Å²) in [5.41, 5.74) is 0.713. The van der Waals surface area contributed by atoms with E-state index in [9.17, 15) is 9.59 Å². The van der Waals surface area contributed by atoms with Crippen molar-refractivity contribution in [3.8, 4) is 0 Å². The molecule has 0 saturated carbocycles. The van der Waals surface area contributed by atoms with Gasteiger partial charge < -0.3 is 9.47 Å². The van der Waals surface area contributed by atoms with Gasteiger partial charge in [0.25, 0.3) is 0 Å². The minimum absolute atomic E-state index is 0.0376. The van der Waals surface area contributed by atoms with Crippen molar-refractivity contribution >= 4 is 11.9 Å². The lowest BCUT2D eigenvalue weighted by Gasteiger charge is -2.04. The van der Waals surface area contributed by atoms with Gasteiger partial charge in [-0.05, 0) is 24.3 Å². The van der Waals surface area contributed by atoms with Gasteiger partial charge in [0.1, 0.15) is 12.2 Å². The van der Waals surface area contributed by atoms with Crippen molar-refractivity contribution in [2.24, 2.45) is 0 Å². The number of ether oxygens (including phenoxy) is 2. The van der Waals surface area contributed by atoms with Gasteiger partial charge in [-0.1, -0.05) is 24.3 Å². The van der Waals surface area contributed by atoms with Crippen molar-refractivity contribution in [1.29, 1.82) is 0 Å². The van der Waals surface area contributed by atoms with Crippen LogP contribution in [-0.4, -0.2) is 24.1 Å². The summed E-state index contributed by atoms with van der Waals surface area (Å²) in [7, 11) is 0. The highest BCUT2D eigenvalue weighted by atomic mass is 16.6. The highest BCUT2D eigenvalue weighted by molar-refractivity contribution is 6.03. The number of benzene rings is 1. The number of rotatable bonds is 2. The van der Waals surface area contributed by atoms with Crippen LogP contribution in [0.15, 0.2) is 54.1 Å². The molecule has 2 unspecified atom stereocenters. The lowest BCUT2D eigenvalue weighted by molar-refractivity contribution is -0.133. The molecule has 1 fully saturated rings. The molecule has 1 aliphatic heterocycles. The molecule has 2 atom stereocenters. The summed E-state index contributed by atoms with van der Waals surface area (Å²) in [6, 6.07) is 8.41. The summed E-state index contributed by atoms with van der Waals surface area (Å²) in [5.74, 6) is -1.29. The van der Waals surface area contributed by atoms with Gasteiger partial charge in [0.2, 0.25) is 0 Å². The molecule has 0 radical (unpaired) electrons. The van der Waals surface area contributed by atoms with Crippen LogP contribution in [0.25, 0.3) is 0 Å². The third-order valence-electron chi connectivity index (χ3n) is 2.80. The molecule has 1 heterocycles. The normalized spacial score (nSPS) is 23.9. The van der Waals surface area contributed by atoms with Crippen LogP contribution < -0.4 is 0 Å². The van der Waals surface area contributed by atoms with Gasteiger partial charge in [-0.25, -0.2) is 9.59 Å². The SMILES string of the molecule is O=C(OC(=O)c1ccccc1)C1=CC2OC2C=C1. The fourth-order valence-corrected chi connectivity index (χ4v) is 1.77. The van der Waals surface area contributed by atoms with E-state index in [0.29, 0.717) is 11.1 Å². The van der Waals surface area contributed by atoms with Crippen molar-refractivity contribution < 1.29 is 19.1 Å². The third kappa shape index (κ3) is 2.10. The first kappa shape index (κ1) is 10.9. The molecule has 0 N–H and O–H groups in total. The Morgan fingerprint density at radius 1 is 1.06 bits per heavy atom. The van der Waals surface area contributed by atoms with Gasteiger partial charge in [-0.3, -0.25) is 0 Å². The number of carbonyl (C=O) groups is 2. The number of epoxide rings is 1. The molecule has 1 aromatic carbocycles. The third-order valence-corrected chi connectivity index (χ3v) is 2.80. The van der Waals surface area contributed by atoms with Crippen LogP contribution in [0.1, 0.15) is 10.4 Å². The molecular formula is C14H10O4. The first-order valence-electron chi connectivity index (χ1n) is 5.61. The van der Waals surface area contributed by atoms with E-state index >= 15 is 0 Å². The Kier molecular flexibility index (Phi) is 2.57. The Morgan fingerprint density at radius 3 is 2.56 bits per heavy atom. The molecular weight excluding hydrogens is 232 g/mol. The molecule has 1 aliphatic carbocycles. The maximum atomic E-state index is 11.7. The molecule has 4 heteroatoms. The molecule has 18 heavy (non-hydrogen) atoms. The van der Waals surface area contributed by atoms with Crippen molar-refractivity contribution in [2.45, 2.75) is 12.2 Å². The molecule has 1 aromatic rings. The first-order chi connectivity index (χ1) is 8.74. The molecule has 0 aromatic heterocycles. The van der Waals surface area contributed by atoms with Crippen molar-refractivity contribution in [3.05, 3.63) is 59.7 Å². The van der Waals surface area contributed by atoms with E-state index in [2.05, 4.69) is 0 Å². The van der Waals surface area contributed by atoms with E-state index in [1.54, 1.807) is 48.6 Å². The molecule has 0 spiro atoms. The molecule has 3 rings (SSSR count). The Morgan fingerprint density at radius 2 is 1.83 bits per heavy atom. The standard InChI is InChI=1S/C14H10O4/c15-13(9-4-2-1-3-5-9)18-14(16)10-6-7-11-12(8-10)17-11/h1-8,11-12H. The first-order valence-corrected chi connectivity index (χ1v) is 5.61. The summed E-state index contributed by atoms with van der Waals surface area (Å²) in [6.07, 6.45) is 5.13. The maximum absolute atomic E-state index is 11.7. The average molecular weight is 242 g/mol. The number of carbonyl (C=O) groups excluding carboxylic acids is 2. The summed E-state index contributed by atoms with van der Waals surface area (Å²) in [5, 5.41) is 0. The van der Waals surface area contributed by atoms with Crippen LogP contribution in [0, 0.1) is 0 Å². The van der Waals surface area contributed by atoms with E-state index in [1.807, 2.05) is 0 Å². The number of hydrogen-bond donors (Lipinski definition) is 0. The van der Waals surface area contributed by atoms with Crippen LogP contribution in [0.4, 0.5) is 0 Å². The Bertz CT molecular complexity index is 556. The van der Waals surface area contributed by atoms with Crippen LogP contribution in [0.5, 0.6) is 0 Å². The lowest BCUT2D eigenvalue weighted by Crippen LogP contribution is -2.15. The Balaban J connectivity index is 1.68. The zero-order valence-electron chi connectivity index (χ0n) is 9.41. The number of hydrogen-bond acceptors (Lipinski definition) is 4. The van der Waals surface area contributed by atoms with E-state index in [4.69, 9.17) is 9.47 Å². The quantitative estimate of drug-likeness (QED) is 0.449. The van der Waals surface area contributed by atoms with Crippen molar-refractivity contribution in [1.82, 2.24) is 0 Å². The highest BCUT2D eigenvalue weighted by Crippen LogP contribution is 2.30. The van der Waals surface area contributed by atoms with Gasteiger partial charge in [0.15, 0.2) is 0 Å². The summed E-state index contributed by atoms with van der Waals surface area (Å²) in [4.78, 5) is 23.4. The fraction of sp³-hybridized carbons (Fsp3) is 0.143. The second-order valence-corrected chi connectivity index (χ2v) is 4.09. The van der Waals surface area contributed by atoms with Gasteiger partial charge in [0.05, 0.1) is 11.1 Å². The minimum atomic E-state index is -0.645. The molecule has 2 aliphatic rings. The van der Waals surface area contributed by atoms with E-state index in [0.717, 1.165) is 0 Å². The minimum Gasteiger partial charge on any atom is -0.386 e. The molecule has 0 bridgehead atoms. The second kappa shape index (κ2) is 4.23. The number of fused-ring (bicyclic) bond motifs is 1. The van der Waals surface area contributed by atoms with Gasteiger partial charge in [0, 0.05) is 0 Å². The zero-order chi connectivity index (χ0) is 12.5. The van der Waals surface area contributed by atoms with Gasteiger partial charge >= 0.3 is 11.9 Å². The average Bonchev–Trinajstić information content (AvgIpc) is 3.17.